The van der Waals surface area contributed by atoms with Crippen molar-refractivity contribution in [2.45, 2.75) is 0 Å². The Kier molecular flexibility index (Phi) is 17.7. The summed E-state index contributed by atoms with van der Waals surface area (Å²) in [5.74, 6) is 0. The first-order chi connectivity index (χ1) is 4.00. The first-order valence-electron chi connectivity index (χ1n) is 1.46. The van der Waals surface area contributed by atoms with Crippen LogP contribution in [-0.2, 0) is 49.7 Å². The predicted molar refractivity (Wildman–Crippen MR) is 15.2 cm³/mol. The van der Waals surface area contributed by atoms with Crippen molar-refractivity contribution in [3.8, 4) is 0 Å². The molecule has 0 heterocycles. The van der Waals surface area contributed by atoms with Crippen molar-refractivity contribution in [3.63, 3.8) is 0 Å². The molecular weight excluding hydrogens is 351 g/mol. The topological polar surface area (TPSA) is 172 Å². The Morgan fingerprint density at radius 1 is 0.667 bits per heavy atom. The Labute approximate surface area is 94.5 Å². The zero-order valence-corrected chi connectivity index (χ0v) is 12.0. The molecular formula is MoO8P2Zn. The molecule has 0 atom stereocenters. The molecule has 0 aliphatic heterocycles. The van der Waals surface area contributed by atoms with Crippen LogP contribution in [-0.4, -0.2) is 0 Å². The van der Waals surface area contributed by atoms with Gasteiger partial charge in [0, 0.05) is 0 Å². The number of phosphoric acid groups is 2. The van der Waals surface area contributed by atoms with E-state index in [0.717, 1.165) is 0 Å². The fourth-order valence-corrected chi connectivity index (χ4v) is 0. The molecule has 0 N–H and O–H groups in total. The quantitative estimate of drug-likeness (QED) is 0.307. The number of hydrogen-bond donors (Lipinski definition) is 0. The standard InChI is InChI=1S/Mo.2H3O4P.Zn/c;2*1-5(2,3)4;/h;2*(H3,1,2,3,4);/q+4;;;+2/p-6. The van der Waals surface area contributed by atoms with Crippen LogP contribution in [0.2, 0.25) is 0 Å². The van der Waals surface area contributed by atoms with E-state index in [2.05, 4.69) is 0 Å². The molecule has 12 heavy (non-hydrogen) atoms. The van der Waals surface area contributed by atoms with E-state index in [0.29, 0.717) is 0 Å². The van der Waals surface area contributed by atoms with E-state index in [1.807, 2.05) is 0 Å². The second kappa shape index (κ2) is 9.10. The maximum atomic E-state index is 8.55. The SMILES string of the molecule is O=P([O-])([O-])[O-].O=P([O-])([O-])[O-].[Mo+4].[Zn+2]. The van der Waals surface area contributed by atoms with Gasteiger partial charge < -0.3 is 38.5 Å². The summed E-state index contributed by atoms with van der Waals surface area (Å²) in [5.41, 5.74) is 0. The fourth-order valence-electron chi connectivity index (χ4n) is 0. The third-order valence-corrected chi connectivity index (χ3v) is 0. The molecule has 0 amide bonds. The molecule has 66 valence electrons. The van der Waals surface area contributed by atoms with Crippen molar-refractivity contribution in [2.24, 2.45) is 0 Å². The van der Waals surface area contributed by atoms with E-state index in [-0.39, 0.29) is 40.5 Å². The Balaban J connectivity index is -0.0000000457. The van der Waals surface area contributed by atoms with E-state index >= 15 is 0 Å². The van der Waals surface area contributed by atoms with Crippen LogP contribution >= 0.6 is 15.6 Å². The van der Waals surface area contributed by atoms with Crippen molar-refractivity contribution < 1.29 is 79.0 Å². The summed E-state index contributed by atoms with van der Waals surface area (Å²) in [7, 11) is -10.8. The Bertz CT molecular complexity index is 129. The van der Waals surface area contributed by atoms with Gasteiger partial charge in [0.1, 0.15) is 0 Å². The second-order valence-corrected chi connectivity index (χ2v) is 2.68. The summed E-state index contributed by atoms with van der Waals surface area (Å²) in [5, 5.41) is 0. The summed E-state index contributed by atoms with van der Waals surface area (Å²) in [4.78, 5) is 51.3. The minimum absolute atomic E-state index is 0. The van der Waals surface area contributed by atoms with Crippen LogP contribution in [0, 0.1) is 0 Å². The third-order valence-electron chi connectivity index (χ3n) is 0. The van der Waals surface area contributed by atoms with E-state index in [1.165, 1.54) is 0 Å². The van der Waals surface area contributed by atoms with Gasteiger partial charge in [0.2, 0.25) is 0 Å². The van der Waals surface area contributed by atoms with Crippen LogP contribution in [0.15, 0.2) is 0 Å². The Morgan fingerprint density at radius 2 is 0.667 bits per heavy atom. The van der Waals surface area contributed by atoms with Gasteiger partial charge in [-0.3, -0.25) is 0 Å². The number of rotatable bonds is 0. The maximum Gasteiger partial charge on any atom is 4.00 e. The Hall–Kier alpha value is 1.53. The summed E-state index contributed by atoms with van der Waals surface area (Å²) in [6, 6.07) is 0. The van der Waals surface area contributed by atoms with Crippen LogP contribution in [0.1, 0.15) is 0 Å². The van der Waals surface area contributed by atoms with Crippen molar-refractivity contribution in [3.05, 3.63) is 0 Å². The van der Waals surface area contributed by atoms with E-state index in [9.17, 15) is 0 Å². The van der Waals surface area contributed by atoms with Crippen molar-refractivity contribution >= 4 is 15.6 Å². The van der Waals surface area contributed by atoms with Gasteiger partial charge in [0.05, 0.1) is 0 Å². The second-order valence-electron chi connectivity index (χ2n) is 0.894. The van der Waals surface area contributed by atoms with Gasteiger partial charge in [-0.1, -0.05) is 0 Å². The number of hydrogen-bond acceptors (Lipinski definition) is 8. The van der Waals surface area contributed by atoms with Crippen molar-refractivity contribution in [1.82, 2.24) is 0 Å². The van der Waals surface area contributed by atoms with E-state index in [1.54, 1.807) is 0 Å². The third kappa shape index (κ3) is 545. The minimum atomic E-state index is -5.39. The van der Waals surface area contributed by atoms with Crippen molar-refractivity contribution in [2.75, 3.05) is 0 Å². The maximum absolute atomic E-state index is 8.55. The molecule has 0 saturated carbocycles. The molecule has 0 aliphatic rings. The molecule has 0 radical (unpaired) electrons. The zero-order valence-electron chi connectivity index (χ0n) is 5.28. The minimum Gasteiger partial charge on any atom is -0.822 e. The molecule has 0 spiro atoms. The summed E-state index contributed by atoms with van der Waals surface area (Å²) in [6.07, 6.45) is 0. The van der Waals surface area contributed by atoms with E-state index < -0.39 is 15.6 Å². The molecule has 0 aliphatic carbocycles. The average Bonchev–Trinajstić information content (AvgIpc) is 1.12. The van der Waals surface area contributed by atoms with Crippen LogP contribution < -0.4 is 29.4 Å². The summed E-state index contributed by atoms with van der Waals surface area (Å²) in [6.45, 7) is 0. The normalized spacial score (nSPS) is 9.83. The van der Waals surface area contributed by atoms with Crippen LogP contribution in [0.5, 0.6) is 0 Å². The molecule has 0 aromatic heterocycles. The molecule has 0 aromatic rings. The van der Waals surface area contributed by atoms with Crippen LogP contribution in [0.4, 0.5) is 0 Å². The summed E-state index contributed by atoms with van der Waals surface area (Å²) < 4.78 is 17.1. The largest absolute Gasteiger partial charge is 4.00 e. The van der Waals surface area contributed by atoms with Gasteiger partial charge in [-0.05, 0) is 0 Å². The average molecular weight is 351 g/mol. The first kappa shape index (κ1) is 23.4. The molecule has 0 saturated heterocycles. The van der Waals surface area contributed by atoms with Crippen molar-refractivity contribution in [1.29, 1.82) is 0 Å². The van der Waals surface area contributed by atoms with Gasteiger partial charge >= 0.3 is 40.5 Å². The van der Waals surface area contributed by atoms with Gasteiger partial charge in [0.25, 0.3) is 0 Å². The Morgan fingerprint density at radius 3 is 0.667 bits per heavy atom. The fraction of sp³-hybridized carbons (Fsp3) is 0. The molecule has 0 rings (SSSR count). The van der Waals surface area contributed by atoms with E-state index in [4.69, 9.17) is 38.5 Å². The molecule has 0 unspecified atom stereocenters. The van der Waals surface area contributed by atoms with Crippen LogP contribution in [0.25, 0.3) is 0 Å². The molecule has 8 nitrogen and oxygen atoms in total. The monoisotopic (exact) mass is 352 g/mol. The predicted octanol–water partition coefficient (Wildman–Crippen LogP) is -5.65. The molecule has 12 heteroatoms. The molecule has 0 aromatic carbocycles. The first-order valence-corrected chi connectivity index (χ1v) is 4.38. The van der Waals surface area contributed by atoms with Gasteiger partial charge in [-0.2, -0.15) is 15.6 Å². The zero-order chi connectivity index (χ0) is 9.00. The van der Waals surface area contributed by atoms with Gasteiger partial charge in [-0.15, -0.1) is 0 Å². The smallest absolute Gasteiger partial charge is 0.822 e. The van der Waals surface area contributed by atoms with Crippen LogP contribution in [0.3, 0.4) is 0 Å². The summed E-state index contributed by atoms with van der Waals surface area (Å²) >= 11 is 0. The van der Waals surface area contributed by atoms with Gasteiger partial charge in [0.15, 0.2) is 0 Å². The molecule has 0 fully saturated rings. The van der Waals surface area contributed by atoms with Gasteiger partial charge in [-0.25, -0.2) is 0 Å². The molecule has 0 bridgehead atoms.